The summed E-state index contributed by atoms with van der Waals surface area (Å²) in [5, 5.41) is 1.66. The Labute approximate surface area is 107 Å². The van der Waals surface area contributed by atoms with Crippen molar-refractivity contribution < 1.29 is 8.42 Å². The van der Waals surface area contributed by atoms with Crippen LogP contribution >= 0.6 is 11.3 Å². The lowest BCUT2D eigenvalue weighted by Crippen LogP contribution is -2.36. The van der Waals surface area contributed by atoms with Gasteiger partial charge in [-0.15, -0.1) is 11.3 Å². The zero-order chi connectivity index (χ0) is 13.1. The van der Waals surface area contributed by atoms with Crippen molar-refractivity contribution in [1.82, 2.24) is 4.31 Å². The predicted octanol–water partition coefficient (Wildman–Crippen LogP) is 2.02. The Morgan fingerprint density at radius 3 is 2.41 bits per heavy atom. The SMILES string of the molecule is CCC(CC)N(C)S(=O)(=O)c1csc(CN)c1. The summed E-state index contributed by atoms with van der Waals surface area (Å²) in [4.78, 5) is 1.25. The highest BCUT2D eigenvalue weighted by Crippen LogP contribution is 2.24. The highest BCUT2D eigenvalue weighted by Gasteiger charge is 2.26. The van der Waals surface area contributed by atoms with Crippen LogP contribution in [0.1, 0.15) is 31.6 Å². The van der Waals surface area contributed by atoms with E-state index in [0.29, 0.717) is 11.4 Å². The van der Waals surface area contributed by atoms with E-state index in [1.165, 1.54) is 15.6 Å². The molecular formula is C11H20N2O2S2. The number of thiophene rings is 1. The maximum Gasteiger partial charge on any atom is 0.243 e. The maximum absolute atomic E-state index is 12.3. The Hall–Kier alpha value is -0.430. The van der Waals surface area contributed by atoms with Crippen LogP contribution in [0.5, 0.6) is 0 Å². The van der Waals surface area contributed by atoms with Crippen LogP contribution in [-0.2, 0) is 16.6 Å². The first-order chi connectivity index (χ1) is 7.97. The molecule has 0 aliphatic carbocycles. The van der Waals surface area contributed by atoms with E-state index in [4.69, 9.17) is 5.73 Å². The van der Waals surface area contributed by atoms with Gasteiger partial charge in [-0.25, -0.2) is 8.42 Å². The molecule has 4 nitrogen and oxygen atoms in total. The Morgan fingerprint density at radius 2 is 2.00 bits per heavy atom. The lowest BCUT2D eigenvalue weighted by molar-refractivity contribution is 0.350. The van der Waals surface area contributed by atoms with Crippen molar-refractivity contribution in [3.63, 3.8) is 0 Å². The number of nitrogens with two attached hydrogens (primary N) is 1. The van der Waals surface area contributed by atoms with Gasteiger partial charge in [0.1, 0.15) is 0 Å². The Morgan fingerprint density at radius 1 is 1.41 bits per heavy atom. The minimum atomic E-state index is -3.36. The molecule has 1 rings (SSSR count). The third-order valence-corrected chi connectivity index (χ3v) is 5.96. The smallest absolute Gasteiger partial charge is 0.243 e. The largest absolute Gasteiger partial charge is 0.326 e. The summed E-state index contributed by atoms with van der Waals surface area (Å²) in [6, 6.07) is 1.72. The van der Waals surface area contributed by atoms with E-state index in [1.807, 2.05) is 13.8 Å². The van der Waals surface area contributed by atoms with Crippen LogP contribution < -0.4 is 5.73 Å². The summed E-state index contributed by atoms with van der Waals surface area (Å²) < 4.78 is 26.1. The van der Waals surface area contributed by atoms with E-state index in [9.17, 15) is 8.42 Å². The molecule has 0 fully saturated rings. The van der Waals surface area contributed by atoms with Crippen molar-refractivity contribution in [3.8, 4) is 0 Å². The Bertz CT molecular complexity index is 450. The van der Waals surface area contributed by atoms with Crippen LogP contribution in [0.25, 0.3) is 0 Å². The van der Waals surface area contributed by atoms with E-state index in [0.717, 1.165) is 17.7 Å². The molecule has 17 heavy (non-hydrogen) atoms. The first-order valence-electron chi connectivity index (χ1n) is 5.72. The Kier molecular flexibility index (Phi) is 5.12. The molecule has 2 N–H and O–H groups in total. The van der Waals surface area contributed by atoms with Gasteiger partial charge in [-0.3, -0.25) is 0 Å². The highest BCUT2D eigenvalue weighted by molar-refractivity contribution is 7.89. The number of hydrogen-bond acceptors (Lipinski definition) is 4. The van der Waals surface area contributed by atoms with E-state index in [1.54, 1.807) is 18.5 Å². The molecule has 0 spiro atoms. The molecule has 0 atom stereocenters. The normalized spacial score (nSPS) is 12.6. The van der Waals surface area contributed by atoms with Crippen LogP contribution in [0.4, 0.5) is 0 Å². The fourth-order valence-electron chi connectivity index (χ4n) is 1.77. The standard InChI is InChI=1S/C11H20N2O2S2/c1-4-9(5-2)13(3)17(14,15)11-6-10(7-12)16-8-11/h6,8-9H,4-5,7,12H2,1-3H3. The minimum Gasteiger partial charge on any atom is -0.326 e. The molecule has 0 saturated heterocycles. The van der Waals surface area contributed by atoms with Crippen LogP contribution in [0, 0.1) is 0 Å². The summed E-state index contributed by atoms with van der Waals surface area (Å²) in [5.74, 6) is 0. The number of sulfonamides is 1. The molecule has 1 heterocycles. The first-order valence-corrected chi connectivity index (χ1v) is 8.04. The van der Waals surface area contributed by atoms with Gasteiger partial charge in [-0.2, -0.15) is 4.31 Å². The van der Waals surface area contributed by atoms with Gasteiger partial charge >= 0.3 is 0 Å². The lowest BCUT2D eigenvalue weighted by Gasteiger charge is -2.24. The summed E-state index contributed by atoms with van der Waals surface area (Å²) in [7, 11) is -1.72. The topological polar surface area (TPSA) is 63.4 Å². The van der Waals surface area contributed by atoms with Gasteiger partial charge in [0, 0.05) is 29.9 Å². The third-order valence-electron chi connectivity index (χ3n) is 2.96. The van der Waals surface area contributed by atoms with Crippen molar-refractivity contribution in [2.24, 2.45) is 5.73 Å². The van der Waals surface area contributed by atoms with Crippen molar-refractivity contribution in [2.75, 3.05) is 7.05 Å². The average molecular weight is 276 g/mol. The molecule has 0 bridgehead atoms. The van der Waals surface area contributed by atoms with Gasteiger partial charge in [0.2, 0.25) is 10.0 Å². The van der Waals surface area contributed by atoms with Crippen molar-refractivity contribution >= 4 is 21.4 Å². The summed E-state index contributed by atoms with van der Waals surface area (Å²) in [5.41, 5.74) is 5.50. The van der Waals surface area contributed by atoms with Gasteiger partial charge in [0.25, 0.3) is 0 Å². The fourth-order valence-corrected chi connectivity index (χ4v) is 4.41. The van der Waals surface area contributed by atoms with E-state index in [2.05, 4.69) is 0 Å². The van der Waals surface area contributed by atoms with E-state index < -0.39 is 10.0 Å². The summed E-state index contributed by atoms with van der Waals surface area (Å²) >= 11 is 1.39. The molecule has 98 valence electrons. The van der Waals surface area contributed by atoms with Gasteiger partial charge < -0.3 is 5.73 Å². The lowest BCUT2D eigenvalue weighted by atomic mass is 10.2. The zero-order valence-corrected chi connectivity index (χ0v) is 12.1. The van der Waals surface area contributed by atoms with Gasteiger partial charge in [0.15, 0.2) is 0 Å². The van der Waals surface area contributed by atoms with Crippen LogP contribution in [0.3, 0.4) is 0 Å². The van der Waals surface area contributed by atoms with Gasteiger partial charge in [-0.05, 0) is 18.9 Å². The highest BCUT2D eigenvalue weighted by atomic mass is 32.2. The summed E-state index contributed by atoms with van der Waals surface area (Å²) in [6.45, 7) is 4.38. The molecule has 0 amide bonds. The van der Waals surface area contributed by atoms with E-state index in [-0.39, 0.29) is 6.04 Å². The van der Waals surface area contributed by atoms with Gasteiger partial charge in [0.05, 0.1) is 4.90 Å². The maximum atomic E-state index is 12.3. The van der Waals surface area contributed by atoms with Gasteiger partial charge in [-0.1, -0.05) is 13.8 Å². The molecule has 0 unspecified atom stereocenters. The Balaban J connectivity index is 3.01. The second-order valence-corrected chi connectivity index (χ2v) is 6.94. The second kappa shape index (κ2) is 5.95. The second-order valence-electron chi connectivity index (χ2n) is 3.94. The fraction of sp³-hybridized carbons (Fsp3) is 0.636. The third kappa shape index (κ3) is 3.07. The molecule has 0 radical (unpaired) electrons. The molecule has 0 aromatic carbocycles. The molecule has 0 aliphatic rings. The monoisotopic (exact) mass is 276 g/mol. The number of rotatable bonds is 6. The van der Waals surface area contributed by atoms with Crippen LogP contribution in [0.2, 0.25) is 0 Å². The molecule has 6 heteroatoms. The predicted molar refractivity (Wildman–Crippen MR) is 71.5 cm³/mol. The molecule has 1 aromatic rings. The quantitative estimate of drug-likeness (QED) is 0.864. The minimum absolute atomic E-state index is 0.0567. The number of nitrogens with zero attached hydrogens (tertiary/aromatic N) is 1. The van der Waals surface area contributed by atoms with Crippen LogP contribution in [0.15, 0.2) is 16.3 Å². The van der Waals surface area contributed by atoms with E-state index >= 15 is 0 Å². The molecular weight excluding hydrogens is 256 g/mol. The number of hydrogen-bond donors (Lipinski definition) is 1. The molecule has 0 aliphatic heterocycles. The van der Waals surface area contributed by atoms with Crippen molar-refractivity contribution in [2.45, 2.75) is 44.2 Å². The van der Waals surface area contributed by atoms with Crippen LogP contribution in [-0.4, -0.2) is 25.8 Å². The molecule has 0 saturated carbocycles. The zero-order valence-electron chi connectivity index (χ0n) is 10.5. The molecule has 1 aromatic heterocycles. The average Bonchev–Trinajstić information content (AvgIpc) is 2.79. The summed E-state index contributed by atoms with van der Waals surface area (Å²) in [6.07, 6.45) is 1.64. The van der Waals surface area contributed by atoms with Crippen molar-refractivity contribution in [3.05, 3.63) is 16.3 Å². The first kappa shape index (κ1) is 14.6. The van der Waals surface area contributed by atoms with Crippen molar-refractivity contribution in [1.29, 1.82) is 0 Å².